The molecule has 3 heteroatoms. The fourth-order valence-electron chi connectivity index (χ4n) is 3.36. The summed E-state index contributed by atoms with van der Waals surface area (Å²) < 4.78 is 0. The van der Waals surface area contributed by atoms with E-state index in [1.165, 1.54) is 34.9 Å². The molecule has 0 amide bonds. The average molecular weight is 555 g/mol. The molecule has 0 atom stereocenters. The molecular weight excluding hydrogens is 533 g/mol. The van der Waals surface area contributed by atoms with E-state index >= 15 is 0 Å². The maximum atomic E-state index is 4.49. The molecule has 0 bridgehead atoms. The Balaban J connectivity index is 0.000000167. The minimum Gasteiger partial charge on any atom is -0.337 e. The summed E-state index contributed by atoms with van der Waals surface area (Å²) in [7, 11) is 0. The Labute approximate surface area is 186 Å². The maximum Gasteiger partial charge on any atom is 0.0285 e. The Morgan fingerprint density at radius 2 is 1.45 bits per heavy atom. The summed E-state index contributed by atoms with van der Waals surface area (Å²) in [6.07, 6.45) is 5.50. The van der Waals surface area contributed by atoms with Gasteiger partial charge >= 0.3 is 0 Å². The number of hydrogen-bond acceptors (Lipinski definition) is 2. The van der Waals surface area contributed by atoms with E-state index in [1.807, 2.05) is 66.9 Å². The second-order valence-electron chi connectivity index (χ2n) is 6.72. The minimum absolute atomic E-state index is 0. The van der Waals surface area contributed by atoms with Crippen molar-refractivity contribution in [1.82, 2.24) is 4.98 Å². The smallest absolute Gasteiger partial charge is 0.0285 e. The molecule has 0 saturated carbocycles. The molecule has 4 aromatic rings. The van der Waals surface area contributed by atoms with E-state index in [2.05, 4.69) is 40.3 Å². The third-order valence-electron chi connectivity index (χ3n) is 4.78. The van der Waals surface area contributed by atoms with Crippen molar-refractivity contribution in [3.05, 3.63) is 103 Å². The van der Waals surface area contributed by atoms with Crippen molar-refractivity contribution in [2.24, 2.45) is 4.99 Å². The van der Waals surface area contributed by atoms with Crippen molar-refractivity contribution in [2.75, 3.05) is 6.54 Å². The third-order valence-corrected chi connectivity index (χ3v) is 4.78. The molecule has 1 aliphatic heterocycles. The van der Waals surface area contributed by atoms with Crippen LogP contribution >= 0.6 is 0 Å². The molecule has 147 valence electrons. The van der Waals surface area contributed by atoms with Gasteiger partial charge in [0.1, 0.15) is 0 Å². The normalized spacial score (nSPS) is 12.9. The molecule has 0 spiro atoms. The van der Waals surface area contributed by atoms with Gasteiger partial charge in [-0.1, -0.05) is 30.7 Å². The first-order chi connectivity index (χ1) is 13.9. The van der Waals surface area contributed by atoms with Gasteiger partial charge in [-0.3, -0.25) is 0 Å². The molecule has 1 radical (unpaired) electrons. The summed E-state index contributed by atoms with van der Waals surface area (Å²) in [4.78, 5) is 8.93. The van der Waals surface area contributed by atoms with Crippen LogP contribution in [0.25, 0.3) is 22.0 Å². The van der Waals surface area contributed by atoms with Crippen LogP contribution < -0.4 is 0 Å². The molecule has 1 aliphatic rings. The largest absolute Gasteiger partial charge is 0.337 e. The van der Waals surface area contributed by atoms with E-state index in [4.69, 9.17) is 0 Å². The Morgan fingerprint density at radius 3 is 2.14 bits per heavy atom. The van der Waals surface area contributed by atoms with Crippen LogP contribution in [0.1, 0.15) is 24.8 Å². The van der Waals surface area contributed by atoms with Crippen LogP contribution in [0.4, 0.5) is 0 Å². The van der Waals surface area contributed by atoms with E-state index in [9.17, 15) is 0 Å². The zero-order valence-electron chi connectivity index (χ0n) is 16.1. The van der Waals surface area contributed by atoms with Gasteiger partial charge in [0.25, 0.3) is 0 Å². The molecule has 0 saturated heterocycles. The molecular formula is C26H22IrN2-2. The summed E-state index contributed by atoms with van der Waals surface area (Å²) in [6, 6.07) is 32.7. The summed E-state index contributed by atoms with van der Waals surface area (Å²) >= 11 is 0. The van der Waals surface area contributed by atoms with Gasteiger partial charge in [0.2, 0.25) is 0 Å². The van der Waals surface area contributed by atoms with Crippen molar-refractivity contribution in [2.45, 2.75) is 19.3 Å². The molecule has 0 unspecified atom stereocenters. The SMILES string of the molecule is [Ir].[c-]1ccccc1-c1nccc2ccccc12.[c-]1ccccc1C1=NCCCC1. The quantitative estimate of drug-likeness (QED) is 0.273. The summed E-state index contributed by atoms with van der Waals surface area (Å²) in [6.45, 7) is 0.998. The van der Waals surface area contributed by atoms with Crippen LogP contribution in [-0.4, -0.2) is 17.2 Å². The van der Waals surface area contributed by atoms with Gasteiger partial charge in [-0.05, 0) is 41.1 Å². The number of aromatic nitrogens is 1. The fraction of sp³-hybridized carbons (Fsp3) is 0.154. The zero-order chi connectivity index (χ0) is 19.0. The topological polar surface area (TPSA) is 25.2 Å². The molecule has 0 fully saturated rings. The number of nitrogens with zero attached hydrogens (tertiary/aromatic N) is 2. The number of pyridine rings is 1. The van der Waals surface area contributed by atoms with Gasteiger partial charge in [-0.15, -0.1) is 71.8 Å². The van der Waals surface area contributed by atoms with E-state index in [-0.39, 0.29) is 20.1 Å². The zero-order valence-corrected chi connectivity index (χ0v) is 18.5. The second kappa shape index (κ2) is 10.8. The van der Waals surface area contributed by atoms with Crippen LogP contribution in [-0.2, 0) is 20.1 Å². The van der Waals surface area contributed by atoms with E-state index < -0.39 is 0 Å². The molecule has 2 nitrogen and oxygen atoms in total. The van der Waals surface area contributed by atoms with E-state index in [0.717, 1.165) is 24.2 Å². The third kappa shape index (κ3) is 5.47. The fourth-order valence-corrected chi connectivity index (χ4v) is 3.36. The van der Waals surface area contributed by atoms with Gasteiger partial charge in [0.05, 0.1) is 0 Å². The first-order valence-corrected chi connectivity index (χ1v) is 9.73. The van der Waals surface area contributed by atoms with Crippen LogP contribution in [0.2, 0.25) is 0 Å². The van der Waals surface area contributed by atoms with Crippen molar-refractivity contribution in [3.63, 3.8) is 0 Å². The van der Waals surface area contributed by atoms with E-state index in [0.29, 0.717) is 0 Å². The number of fused-ring (bicyclic) bond motifs is 1. The minimum atomic E-state index is 0. The first kappa shape index (κ1) is 21.1. The van der Waals surface area contributed by atoms with Crippen LogP contribution in [0.3, 0.4) is 0 Å². The van der Waals surface area contributed by atoms with Crippen LogP contribution in [0, 0.1) is 12.1 Å². The number of benzene rings is 3. The van der Waals surface area contributed by atoms with Crippen molar-refractivity contribution < 1.29 is 20.1 Å². The van der Waals surface area contributed by atoms with Gasteiger partial charge < -0.3 is 9.98 Å². The first-order valence-electron chi connectivity index (χ1n) is 9.73. The Morgan fingerprint density at radius 1 is 0.724 bits per heavy atom. The Hall–Kier alpha value is -2.61. The molecule has 3 aromatic carbocycles. The van der Waals surface area contributed by atoms with Crippen molar-refractivity contribution in [3.8, 4) is 11.3 Å². The molecule has 0 N–H and O–H groups in total. The molecule has 29 heavy (non-hydrogen) atoms. The number of aliphatic imine (C=N–C) groups is 1. The predicted molar refractivity (Wildman–Crippen MR) is 117 cm³/mol. The monoisotopic (exact) mass is 555 g/mol. The summed E-state index contributed by atoms with van der Waals surface area (Å²) in [5, 5.41) is 2.39. The van der Waals surface area contributed by atoms with Crippen LogP contribution in [0.15, 0.2) is 90.1 Å². The Kier molecular flexibility index (Phi) is 7.86. The predicted octanol–water partition coefficient (Wildman–Crippen LogP) is 6.16. The standard InChI is InChI=1S/C15H10N.C11H12N.Ir/c1-2-7-13(8-3-1)15-14-9-5-4-6-12(14)10-11-16-15;1-2-6-10(7-3-1)11-8-4-5-9-12-11;/h1-7,9-11H;1-3,6H,4-5,8-9H2;/q2*-1;. The number of rotatable bonds is 2. The molecule has 5 rings (SSSR count). The molecule has 1 aromatic heterocycles. The summed E-state index contributed by atoms with van der Waals surface area (Å²) in [5.41, 5.74) is 4.46. The van der Waals surface area contributed by atoms with Gasteiger partial charge in [0.15, 0.2) is 0 Å². The van der Waals surface area contributed by atoms with E-state index in [1.54, 1.807) is 0 Å². The maximum absolute atomic E-state index is 4.49. The Bertz CT molecular complexity index is 1050. The number of hydrogen-bond donors (Lipinski definition) is 0. The molecule has 2 heterocycles. The second-order valence-corrected chi connectivity index (χ2v) is 6.72. The average Bonchev–Trinajstić information content (AvgIpc) is 2.81. The molecule has 0 aliphatic carbocycles. The van der Waals surface area contributed by atoms with Gasteiger partial charge in [-0.25, -0.2) is 0 Å². The van der Waals surface area contributed by atoms with Crippen molar-refractivity contribution in [1.29, 1.82) is 0 Å². The van der Waals surface area contributed by atoms with Gasteiger partial charge in [0, 0.05) is 32.8 Å². The van der Waals surface area contributed by atoms with Crippen molar-refractivity contribution >= 4 is 16.5 Å². The van der Waals surface area contributed by atoms with Gasteiger partial charge in [-0.2, -0.15) is 0 Å². The van der Waals surface area contributed by atoms with Crippen LogP contribution in [0.5, 0.6) is 0 Å². The summed E-state index contributed by atoms with van der Waals surface area (Å²) in [5.74, 6) is 0.